The molecule has 0 N–H and O–H groups in total. The largest absolute Gasteiger partial charge is 0.468 e. The summed E-state index contributed by atoms with van der Waals surface area (Å²) in [4.78, 5) is 14.7. The van der Waals surface area contributed by atoms with E-state index < -0.39 is 15.4 Å². The van der Waals surface area contributed by atoms with Crippen molar-refractivity contribution in [3.8, 4) is 0 Å². The standard InChI is InChI=1S/C18H26Cl2N2O4S/c1-18(17(23)26-2,14-5-6-15(19)16(20)13-14)7-10-21-8-4-9-22(12-11-21)27(3,24)25/h5-6,13H,4,7-12H2,1-3H3. The molecule has 2 rings (SSSR count). The number of carbonyl (C=O) groups excluding carboxylic acids is 1. The Kier molecular flexibility index (Phi) is 7.55. The quantitative estimate of drug-likeness (QED) is 0.641. The van der Waals surface area contributed by atoms with Gasteiger partial charge in [0.25, 0.3) is 0 Å². The molecular weight excluding hydrogens is 411 g/mol. The third-order valence-electron chi connectivity index (χ3n) is 5.14. The summed E-state index contributed by atoms with van der Waals surface area (Å²) in [5.74, 6) is -0.339. The minimum Gasteiger partial charge on any atom is -0.468 e. The van der Waals surface area contributed by atoms with Crippen molar-refractivity contribution in [2.75, 3.05) is 46.1 Å². The van der Waals surface area contributed by atoms with Gasteiger partial charge in [0.05, 0.1) is 28.8 Å². The number of sulfonamides is 1. The van der Waals surface area contributed by atoms with Crippen LogP contribution in [0, 0.1) is 0 Å². The summed E-state index contributed by atoms with van der Waals surface area (Å²) in [6.07, 6.45) is 2.52. The summed E-state index contributed by atoms with van der Waals surface area (Å²) < 4.78 is 30.1. The van der Waals surface area contributed by atoms with E-state index in [2.05, 4.69) is 4.90 Å². The van der Waals surface area contributed by atoms with E-state index in [-0.39, 0.29) is 5.97 Å². The summed E-state index contributed by atoms with van der Waals surface area (Å²) in [6, 6.07) is 5.17. The summed E-state index contributed by atoms with van der Waals surface area (Å²) >= 11 is 12.1. The first kappa shape index (κ1) is 22.4. The first-order chi connectivity index (χ1) is 12.6. The topological polar surface area (TPSA) is 66.9 Å². The molecule has 152 valence electrons. The summed E-state index contributed by atoms with van der Waals surface area (Å²) in [5, 5.41) is 0.823. The van der Waals surface area contributed by atoms with Crippen molar-refractivity contribution in [3.05, 3.63) is 33.8 Å². The van der Waals surface area contributed by atoms with Crippen LogP contribution in [0.25, 0.3) is 0 Å². The van der Waals surface area contributed by atoms with Crippen LogP contribution < -0.4 is 0 Å². The van der Waals surface area contributed by atoms with Crippen LogP contribution >= 0.6 is 23.2 Å². The third kappa shape index (κ3) is 5.57. The average molecular weight is 437 g/mol. The molecule has 6 nitrogen and oxygen atoms in total. The lowest BCUT2D eigenvalue weighted by atomic mass is 9.79. The van der Waals surface area contributed by atoms with Crippen molar-refractivity contribution >= 4 is 39.2 Å². The number of hydrogen-bond acceptors (Lipinski definition) is 5. The molecule has 1 aliphatic heterocycles. The molecular formula is C18H26Cl2N2O4S. The minimum absolute atomic E-state index is 0.339. The molecule has 9 heteroatoms. The van der Waals surface area contributed by atoms with Crippen molar-refractivity contribution in [2.24, 2.45) is 0 Å². The monoisotopic (exact) mass is 436 g/mol. The molecule has 1 heterocycles. The molecule has 1 aromatic carbocycles. The van der Waals surface area contributed by atoms with Gasteiger partial charge in [0.2, 0.25) is 10.0 Å². The van der Waals surface area contributed by atoms with Gasteiger partial charge in [-0.05, 0) is 50.6 Å². The Balaban J connectivity index is 2.13. The zero-order valence-corrected chi connectivity index (χ0v) is 18.2. The van der Waals surface area contributed by atoms with Crippen LogP contribution in [-0.2, 0) is 25.0 Å². The van der Waals surface area contributed by atoms with Crippen LogP contribution in [0.4, 0.5) is 0 Å². The number of ether oxygens (including phenoxy) is 1. The van der Waals surface area contributed by atoms with Gasteiger partial charge in [0.15, 0.2) is 0 Å². The van der Waals surface area contributed by atoms with Crippen molar-refractivity contribution in [3.63, 3.8) is 0 Å². The molecule has 0 spiro atoms. The molecule has 0 saturated carbocycles. The first-order valence-electron chi connectivity index (χ1n) is 8.79. The number of nitrogens with zero attached hydrogens (tertiary/aromatic N) is 2. The van der Waals surface area contributed by atoms with E-state index in [1.54, 1.807) is 18.2 Å². The summed E-state index contributed by atoms with van der Waals surface area (Å²) in [6.45, 7) is 4.87. The van der Waals surface area contributed by atoms with E-state index in [9.17, 15) is 13.2 Å². The van der Waals surface area contributed by atoms with Gasteiger partial charge in [0.1, 0.15) is 0 Å². The van der Waals surface area contributed by atoms with Gasteiger partial charge in [0, 0.05) is 19.6 Å². The van der Waals surface area contributed by atoms with Gasteiger partial charge in [-0.25, -0.2) is 12.7 Å². The van der Waals surface area contributed by atoms with Crippen LogP contribution in [0.5, 0.6) is 0 Å². The number of carbonyl (C=O) groups is 1. The highest BCUT2D eigenvalue weighted by Crippen LogP contribution is 2.34. The Hall–Kier alpha value is -0.860. The SMILES string of the molecule is COC(=O)C(C)(CCN1CCCN(S(C)(=O)=O)CC1)c1ccc(Cl)c(Cl)c1. The molecule has 0 aromatic heterocycles. The normalized spacial score (nSPS) is 19.3. The summed E-state index contributed by atoms with van der Waals surface area (Å²) in [7, 11) is -1.81. The van der Waals surface area contributed by atoms with Crippen molar-refractivity contribution in [2.45, 2.75) is 25.2 Å². The Labute approximate surface area is 171 Å². The lowest BCUT2D eigenvalue weighted by Gasteiger charge is -2.30. The second kappa shape index (κ2) is 9.09. The van der Waals surface area contributed by atoms with E-state index in [1.165, 1.54) is 17.7 Å². The van der Waals surface area contributed by atoms with Crippen LogP contribution in [-0.4, -0.2) is 69.7 Å². The maximum absolute atomic E-state index is 12.6. The van der Waals surface area contributed by atoms with Gasteiger partial charge in [-0.3, -0.25) is 4.79 Å². The zero-order chi connectivity index (χ0) is 20.2. The second-order valence-electron chi connectivity index (χ2n) is 7.06. The zero-order valence-electron chi connectivity index (χ0n) is 15.9. The molecule has 1 aliphatic rings. The average Bonchev–Trinajstić information content (AvgIpc) is 2.87. The van der Waals surface area contributed by atoms with Crippen molar-refractivity contribution in [1.29, 1.82) is 0 Å². The first-order valence-corrected chi connectivity index (χ1v) is 11.4. The number of benzene rings is 1. The van der Waals surface area contributed by atoms with E-state index in [0.717, 1.165) is 18.5 Å². The van der Waals surface area contributed by atoms with Gasteiger partial charge < -0.3 is 9.64 Å². The number of halogens is 2. The van der Waals surface area contributed by atoms with Gasteiger partial charge in [-0.15, -0.1) is 0 Å². The molecule has 1 saturated heterocycles. The smallest absolute Gasteiger partial charge is 0.316 e. The maximum atomic E-state index is 12.6. The number of rotatable bonds is 6. The predicted octanol–water partition coefficient (Wildman–Crippen LogP) is 2.78. The van der Waals surface area contributed by atoms with Crippen LogP contribution in [0.1, 0.15) is 25.3 Å². The fourth-order valence-corrected chi connectivity index (χ4v) is 4.49. The van der Waals surface area contributed by atoms with Crippen LogP contribution in [0.2, 0.25) is 10.0 Å². The van der Waals surface area contributed by atoms with Crippen LogP contribution in [0.15, 0.2) is 18.2 Å². The minimum atomic E-state index is -3.18. The van der Waals surface area contributed by atoms with Crippen molar-refractivity contribution in [1.82, 2.24) is 9.21 Å². The lowest BCUT2D eigenvalue weighted by Crippen LogP contribution is -2.39. The molecule has 1 aromatic rings. The Bertz CT molecular complexity index is 788. The molecule has 27 heavy (non-hydrogen) atoms. The number of methoxy groups -OCH3 is 1. The molecule has 0 aliphatic carbocycles. The predicted molar refractivity (Wildman–Crippen MR) is 108 cm³/mol. The Morgan fingerprint density at radius 1 is 1.19 bits per heavy atom. The molecule has 1 fully saturated rings. The van der Waals surface area contributed by atoms with Crippen molar-refractivity contribution < 1.29 is 17.9 Å². The fourth-order valence-electron chi connectivity index (χ4n) is 3.31. The van der Waals surface area contributed by atoms with Gasteiger partial charge >= 0.3 is 5.97 Å². The molecule has 0 amide bonds. The molecule has 1 atom stereocenters. The molecule has 0 radical (unpaired) electrons. The Morgan fingerprint density at radius 3 is 2.48 bits per heavy atom. The second-order valence-corrected chi connectivity index (χ2v) is 9.86. The maximum Gasteiger partial charge on any atom is 0.316 e. The lowest BCUT2D eigenvalue weighted by molar-refractivity contribution is -0.147. The van der Waals surface area contributed by atoms with E-state index in [4.69, 9.17) is 27.9 Å². The van der Waals surface area contributed by atoms with Gasteiger partial charge in [-0.2, -0.15) is 0 Å². The van der Waals surface area contributed by atoms with Crippen LogP contribution in [0.3, 0.4) is 0 Å². The highest BCUT2D eigenvalue weighted by molar-refractivity contribution is 7.88. The van der Waals surface area contributed by atoms with E-state index >= 15 is 0 Å². The number of hydrogen-bond donors (Lipinski definition) is 0. The highest BCUT2D eigenvalue weighted by atomic mass is 35.5. The fraction of sp³-hybridized carbons (Fsp3) is 0.611. The molecule has 1 unspecified atom stereocenters. The van der Waals surface area contributed by atoms with E-state index in [1.807, 2.05) is 6.92 Å². The highest BCUT2D eigenvalue weighted by Gasteiger charge is 2.37. The van der Waals surface area contributed by atoms with Gasteiger partial charge in [-0.1, -0.05) is 29.3 Å². The number of esters is 1. The summed E-state index contributed by atoms with van der Waals surface area (Å²) in [5.41, 5.74) is -0.123. The molecule has 0 bridgehead atoms. The van der Waals surface area contributed by atoms with E-state index in [0.29, 0.717) is 42.6 Å². The third-order valence-corrected chi connectivity index (χ3v) is 7.18. The Morgan fingerprint density at radius 2 is 1.89 bits per heavy atom.